The van der Waals surface area contributed by atoms with Crippen molar-refractivity contribution in [2.45, 2.75) is 44.5 Å². The zero-order chi connectivity index (χ0) is 10.9. The minimum Gasteiger partial charge on any atom is -0.390 e. The number of aliphatic hydroxyl groups excluding tert-OH is 1. The van der Waals surface area contributed by atoms with E-state index in [2.05, 4.69) is 12.1 Å². The van der Waals surface area contributed by atoms with Crippen LogP contribution in [0.3, 0.4) is 0 Å². The van der Waals surface area contributed by atoms with Crippen molar-refractivity contribution in [2.75, 3.05) is 0 Å². The van der Waals surface area contributed by atoms with Gasteiger partial charge < -0.3 is 9.84 Å². The molecule has 1 fully saturated rings. The average Bonchev–Trinajstić information content (AvgIpc) is 2.86. The lowest BCUT2D eigenvalue weighted by Gasteiger charge is -2.08. The van der Waals surface area contributed by atoms with E-state index in [0.717, 1.165) is 12.8 Å². The second kappa shape index (κ2) is 3.95. The SMILES string of the molecule is CC1(C)OC1C(O)CCc1ccccc1. The number of aryl methyl sites for hydroxylation is 1. The monoisotopic (exact) mass is 206 g/mol. The van der Waals surface area contributed by atoms with Gasteiger partial charge >= 0.3 is 0 Å². The topological polar surface area (TPSA) is 32.8 Å². The van der Waals surface area contributed by atoms with E-state index in [-0.39, 0.29) is 17.8 Å². The molecule has 2 unspecified atom stereocenters. The molecule has 2 nitrogen and oxygen atoms in total. The summed E-state index contributed by atoms with van der Waals surface area (Å²) in [5, 5.41) is 9.86. The molecule has 15 heavy (non-hydrogen) atoms. The highest BCUT2D eigenvalue weighted by atomic mass is 16.6. The number of hydrogen-bond acceptors (Lipinski definition) is 2. The molecule has 1 aliphatic rings. The van der Waals surface area contributed by atoms with Crippen LogP contribution < -0.4 is 0 Å². The minimum atomic E-state index is -0.333. The summed E-state index contributed by atoms with van der Waals surface area (Å²) in [6.45, 7) is 4.03. The van der Waals surface area contributed by atoms with Crippen LogP contribution in [-0.4, -0.2) is 22.9 Å². The van der Waals surface area contributed by atoms with Crippen molar-refractivity contribution in [3.05, 3.63) is 35.9 Å². The van der Waals surface area contributed by atoms with E-state index in [4.69, 9.17) is 4.74 Å². The van der Waals surface area contributed by atoms with E-state index in [0.29, 0.717) is 0 Å². The molecule has 0 radical (unpaired) electrons. The fourth-order valence-electron chi connectivity index (χ4n) is 1.95. The highest BCUT2D eigenvalue weighted by Gasteiger charge is 2.51. The van der Waals surface area contributed by atoms with Crippen LogP contribution in [0.2, 0.25) is 0 Å². The maximum atomic E-state index is 9.86. The first kappa shape index (κ1) is 10.7. The van der Waals surface area contributed by atoms with Gasteiger partial charge in [-0.05, 0) is 32.3 Å². The second-order valence-corrected chi connectivity index (χ2v) is 4.73. The van der Waals surface area contributed by atoms with Gasteiger partial charge in [0.25, 0.3) is 0 Å². The van der Waals surface area contributed by atoms with Gasteiger partial charge in [0.2, 0.25) is 0 Å². The van der Waals surface area contributed by atoms with Gasteiger partial charge in [-0.15, -0.1) is 0 Å². The highest BCUT2D eigenvalue weighted by molar-refractivity contribution is 5.15. The van der Waals surface area contributed by atoms with Gasteiger partial charge in [-0.2, -0.15) is 0 Å². The van der Waals surface area contributed by atoms with E-state index in [1.807, 2.05) is 32.0 Å². The van der Waals surface area contributed by atoms with Gasteiger partial charge in [-0.3, -0.25) is 0 Å². The van der Waals surface area contributed by atoms with Gasteiger partial charge in [0.05, 0.1) is 11.7 Å². The number of rotatable bonds is 4. The Morgan fingerprint density at radius 1 is 1.33 bits per heavy atom. The molecule has 82 valence electrons. The summed E-state index contributed by atoms with van der Waals surface area (Å²) in [5.41, 5.74) is 1.16. The van der Waals surface area contributed by atoms with Gasteiger partial charge in [0.1, 0.15) is 6.10 Å². The van der Waals surface area contributed by atoms with E-state index in [9.17, 15) is 5.11 Å². The van der Waals surface area contributed by atoms with E-state index >= 15 is 0 Å². The van der Waals surface area contributed by atoms with Crippen molar-refractivity contribution >= 4 is 0 Å². The molecule has 0 saturated carbocycles. The van der Waals surface area contributed by atoms with Crippen molar-refractivity contribution in [3.8, 4) is 0 Å². The summed E-state index contributed by atoms with van der Waals surface area (Å²) >= 11 is 0. The number of aliphatic hydroxyl groups is 1. The molecule has 1 N–H and O–H groups in total. The van der Waals surface area contributed by atoms with Crippen molar-refractivity contribution in [1.29, 1.82) is 0 Å². The van der Waals surface area contributed by atoms with Crippen LogP contribution in [0.5, 0.6) is 0 Å². The summed E-state index contributed by atoms with van der Waals surface area (Å²) in [7, 11) is 0. The maximum Gasteiger partial charge on any atom is 0.113 e. The van der Waals surface area contributed by atoms with E-state index in [1.165, 1.54) is 5.56 Å². The number of ether oxygens (including phenoxy) is 1. The summed E-state index contributed by atoms with van der Waals surface area (Å²) < 4.78 is 5.40. The summed E-state index contributed by atoms with van der Waals surface area (Å²) in [6.07, 6.45) is 1.39. The molecule has 1 aliphatic heterocycles. The molecule has 1 aromatic carbocycles. The highest BCUT2D eigenvalue weighted by Crippen LogP contribution is 2.38. The molecule has 1 saturated heterocycles. The predicted molar refractivity (Wildman–Crippen MR) is 59.7 cm³/mol. The summed E-state index contributed by atoms with van der Waals surface area (Å²) in [4.78, 5) is 0. The Kier molecular flexibility index (Phi) is 2.81. The smallest absolute Gasteiger partial charge is 0.113 e. The average molecular weight is 206 g/mol. The molecular weight excluding hydrogens is 188 g/mol. The minimum absolute atomic E-state index is 0.0289. The van der Waals surface area contributed by atoms with Crippen molar-refractivity contribution in [3.63, 3.8) is 0 Å². The van der Waals surface area contributed by atoms with Crippen molar-refractivity contribution < 1.29 is 9.84 Å². The molecule has 1 aromatic rings. The normalized spacial score (nSPS) is 24.9. The lowest BCUT2D eigenvalue weighted by atomic mass is 10.00. The van der Waals surface area contributed by atoms with Gasteiger partial charge in [-0.1, -0.05) is 30.3 Å². The van der Waals surface area contributed by atoms with Crippen LogP contribution in [0.15, 0.2) is 30.3 Å². The molecule has 0 amide bonds. The Hall–Kier alpha value is -0.860. The molecule has 0 bridgehead atoms. The van der Waals surface area contributed by atoms with Crippen LogP contribution in [0.1, 0.15) is 25.8 Å². The predicted octanol–water partition coefficient (Wildman–Crippen LogP) is 2.16. The Balaban J connectivity index is 1.80. The molecule has 2 heteroatoms. The number of hydrogen-bond donors (Lipinski definition) is 1. The van der Waals surface area contributed by atoms with Gasteiger partial charge in [-0.25, -0.2) is 0 Å². The van der Waals surface area contributed by atoms with E-state index < -0.39 is 0 Å². The first-order valence-corrected chi connectivity index (χ1v) is 5.49. The standard InChI is InChI=1S/C13H18O2/c1-13(2)12(15-13)11(14)9-8-10-6-4-3-5-7-10/h3-7,11-12,14H,8-9H2,1-2H3. The van der Waals surface area contributed by atoms with Crippen LogP contribution in [0, 0.1) is 0 Å². The Morgan fingerprint density at radius 2 is 1.93 bits per heavy atom. The molecule has 2 atom stereocenters. The Labute approximate surface area is 90.9 Å². The van der Waals surface area contributed by atoms with Crippen LogP contribution in [-0.2, 0) is 11.2 Å². The molecule has 1 heterocycles. The second-order valence-electron chi connectivity index (χ2n) is 4.73. The van der Waals surface area contributed by atoms with Crippen molar-refractivity contribution in [2.24, 2.45) is 0 Å². The van der Waals surface area contributed by atoms with E-state index in [1.54, 1.807) is 0 Å². The first-order valence-electron chi connectivity index (χ1n) is 5.49. The molecular formula is C13H18O2. The number of epoxide rings is 1. The lowest BCUT2D eigenvalue weighted by Crippen LogP contribution is -2.21. The van der Waals surface area contributed by atoms with Crippen LogP contribution in [0.4, 0.5) is 0 Å². The fraction of sp³-hybridized carbons (Fsp3) is 0.538. The van der Waals surface area contributed by atoms with Gasteiger partial charge in [0.15, 0.2) is 0 Å². The molecule has 2 rings (SSSR count). The lowest BCUT2D eigenvalue weighted by molar-refractivity contribution is 0.126. The van der Waals surface area contributed by atoms with Crippen molar-refractivity contribution in [1.82, 2.24) is 0 Å². The Bertz CT molecular complexity index is 319. The molecule has 0 spiro atoms. The summed E-state index contributed by atoms with van der Waals surface area (Å²) in [6, 6.07) is 10.2. The first-order chi connectivity index (χ1) is 7.09. The molecule has 0 aliphatic carbocycles. The maximum absolute atomic E-state index is 9.86. The third-order valence-electron chi connectivity index (χ3n) is 2.98. The number of benzene rings is 1. The van der Waals surface area contributed by atoms with Gasteiger partial charge in [0, 0.05) is 0 Å². The summed E-state index contributed by atoms with van der Waals surface area (Å²) in [5.74, 6) is 0. The Morgan fingerprint density at radius 3 is 2.47 bits per heavy atom. The quantitative estimate of drug-likeness (QED) is 0.766. The van der Waals surface area contributed by atoms with Crippen LogP contribution >= 0.6 is 0 Å². The zero-order valence-electron chi connectivity index (χ0n) is 9.31. The zero-order valence-corrected chi connectivity index (χ0v) is 9.31. The largest absolute Gasteiger partial charge is 0.390 e. The third-order valence-corrected chi connectivity index (χ3v) is 2.98. The fourth-order valence-corrected chi connectivity index (χ4v) is 1.95. The third kappa shape index (κ3) is 2.58. The molecule has 0 aromatic heterocycles. The van der Waals surface area contributed by atoms with Crippen LogP contribution in [0.25, 0.3) is 0 Å².